The number of carbonyl (C=O) groups is 2. The fraction of sp³-hybridized carbons (Fsp3) is 0.304. The summed E-state index contributed by atoms with van der Waals surface area (Å²) in [7, 11) is 0. The number of nitrogens with zero attached hydrogens (tertiary/aromatic N) is 2. The number of aromatic nitrogens is 2. The highest BCUT2D eigenvalue weighted by Crippen LogP contribution is 2.22. The number of ether oxygens (including phenoxy) is 1. The van der Waals surface area contributed by atoms with Crippen molar-refractivity contribution in [3.05, 3.63) is 70.1 Å². The summed E-state index contributed by atoms with van der Waals surface area (Å²) >= 11 is 0. The van der Waals surface area contributed by atoms with Gasteiger partial charge in [0.1, 0.15) is 0 Å². The largest absolute Gasteiger partial charge is 0.457 e. The zero-order chi connectivity index (χ0) is 21.0. The van der Waals surface area contributed by atoms with Crippen molar-refractivity contribution in [2.45, 2.75) is 40.5 Å². The highest BCUT2D eigenvalue weighted by Gasteiger charge is 2.16. The first-order chi connectivity index (χ1) is 13.9. The van der Waals surface area contributed by atoms with Crippen molar-refractivity contribution in [2.75, 3.05) is 6.61 Å². The number of hydrogen-bond donors (Lipinski definition) is 0. The minimum atomic E-state index is -0.476. The first-order valence-electron chi connectivity index (χ1n) is 9.51. The maximum Gasteiger partial charge on any atom is 0.306 e. The van der Waals surface area contributed by atoms with E-state index in [0.29, 0.717) is 17.3 Å². The maximum atomic E-state index is 12.5. The number of hydrogen-bond acceptors (Lipinski definition) is 6. The third kappa shape index (κ3) is 4.77. The van der Waals surface area contributed by atoms with Gasteiger partial charge in [0.05, 0.1) is 6.42 Å². The van der Waals surface area contributed by atoms with Gasteiger partial charge in [0, 0.05) is 17.5 Å². The Morgan fingerprint density at radius 3 is 2.45 bits per heavy atom. The molecule has 1 heterocycles. The third-order valence-corrected chi connectivity index (χ3v) is 5.19. The van der Waals surface area contributed by atoms with Crippen LogP contribution in [0.2, 0.25) is 0 Å². The topological polar surface area (TPSA) is 82.3 Å². The van der Waals surface area contributed by atoms with Crippen LogP contribution in [0.1, 0.15) is 44.9 Å². The molecule has 0 aliphatic carbocycles. The van der Waals surface area contributed by atoms with Crippen molar-refractivity contribution >= 4 is 11.8 Å². The first kappa shape index (κ1) is 20.5. The Labute approximate surface area is 169 Å². The van der Waals surface area contributed by atoms with E-state index in [-0.39, 0.29) is 25.2 Å². The first-order valence-corrected chi connectivity index (χ1v) is 9.51. The van der Waals surface area contributed by atoms with Crippen molar-refractivity contribution in [1.29, 1.82) is 0 Å². The SMILES string of the molecule is Cc1cc(C(=O)COC(=O)CCc2nc(-c3ccccc3)no2)c(C)c(C)c1C. The van der Waals surface area contributed by atoms with Gasteiger partial charge in [-0.25, -0.2) is 0 Å². The summed E-state index contributed by atoms with van der Waals surface area (Å²) in [6.07, 6.45) is 0.323. The average molecular weight is 392 g/mol. The van der Waals surface area contributed by atoms with Crippen LogP contribution in [0.5, 0.6) is 0 Å². The lowest BCUT2D eigenvalue weighted by Crippen LogP contribution is -2.16. The predicted octanol–water partition coefficient (Wildman–Crippen LogP) is 4.33. The van der Waals surface area contributed by atoms with Crippen LogP contribution < -0.4 is 0 Å². The quantitative estimate of drug-likeness (QED) is 0.440. The standard InChI is InChI=1S/C23H24N2O4/c1-14-12-19(17(4)16(3)15(14)2)20(26)13-28-22(27)11-10-21-24-23(25-29-21)18-8-6-5-7-9-18/h5-9,12H,10-11,13H2,1-4H3. The lowest BCUT2D eigenvalue weighted by molar-refractivity contribution is -0.142. The Balaban J connectivity index is 1.53. The van der Waals surface area contributed by atoms with Crippen molar-refractivity contribution < 1.29 is 18.8 Å². The van der Waals surface area contributed by atoms with Crippen molar-refractivity contribution in [3.63, 3.8) is 0 Å². The highest BCUT2D eigenvalue weighted by atomic mass is 16.5. The molecule has 29 heavy (non-hydrogen) atoms. The second kappa shape index (κ2) is 8.82. The van der Waals surface area contributed by atoms with Gasteiger partial charge in [0.15, 0.2) is 6.61 Å². The Hall–Kier alpha value is -3.28. The molecule has 0 saturated heterocycles. The molecule has 6 nitrogen and oxygen atoms in total. The monoisotopic (exact) mass is 392 g/mol. The van der Waals surface area contributed by atoms with E-state index in [4.69, 9.17) is 9.26 Å². The number of benzene rings is 2. The van der Waals surface area contributed by atoms with Crippen LogP contribution in [0.3, 0.4) is 0 Å². The van der Waals surface area contributed by atoms with Gasteiger partial charge in [-0.1, -0.05) is 35.5 Å². The normalized spacial score (nSPS) is 10.8. The summed E-state index contributed by atoms with van der Waals surface area (Å²) in [5.41, 5.74) is 5.68. The van der Waals surface area contributed by atoms with E-state index in [2.05, 4.69) is 10.1 Å². The molecule has 0 spiro atoms. The minimum absolute atomic E-state index is 0.0641. The number of esters is 1. The van der Waals surface area contributed by atoms with Crippen LogP contribution in [-0.4, -0.2) is 28.5 Å². The molecule has 0 aliphatic heterocycles. The fourth-order valence-electron chi connectivity index (χ4n) is 3.07. The lowest BCUT2D eigenvalue weighted by atomic mass is 9.93. The molecule has 0 amide bonds. The van der Waals surface area contributed by atoms with Gasteiger partial charge in [-0.2, -0.15) is 4.98 Å². The van der Waals surface area contributed by atoms with Crippen LogP contribution in [0.15, 0.2) is 40.9 Å². The molecule has 1 aromatic heterocycles. The van der Waals surface area contributed by atoms with Gasteiger partial charge in [-0.15, -0.1) is 0 Å². The molecular formula is C23H24N2O4. The molecule has 6 heteroatoms. The Bertz CT molecular complexity index is 1040. The van der Waals surface area contributed by atoms with E-state index in [9.17, 15) is 9.59 Å². The maximum absolute atomic E-state index is 12.5. The predicted molar refractivity (Wildman–Crippen MR) is 109 cm³/mol. The summed E-state index contributed by atoms with van der Waals surface area (Å²) in [6.45, 7) is 7.64. The summed E-state index contributed by atoms with van der Waals surface area (Å²) < 4.78 is 10.3. The third-order valence-electron chi connectivity index (χ3n) is 5.19. The van der Waals surface area contributed by atoms with E-state index in [1.807, 2.05) is 64.1 Å². The number of aryl methyl sites for hydroxylation is 2. The molecule has 150 valence electrons. The second-order valence-electron chi connectivity index (χ2n) is 7.08. The van der Waals surface area contributed by atoms with Gasteiger partial charge in [0.25, 0.3) is 0 Å². The van der Waals surface area contributed by atoms with E-state index in [1.165, 1.54) is 5.56 Å². The summed E-state index contributed by atoms with van der Waals surface area (Å²) in [4.78, 5) is 28.8. The van der Waals surface area contributed by atoms with Crippen molar-refractivity contribution in [3.8, 4) is 11.4 Å². The van der Waals surface area contributed by atoms with E-state index < -0.39 is 5.97 Å². The molecule has 2 aromatic carbocycles. The Kier molecular flexibility index (Phi) is 6.22. The molecule has 3 rings (SSSR count). The summed E-state index contributed by atoms with van der Waals surface area (Å²) in [5.74, 6) is 0.153. The Morgan fingerprint density at radius 1 is 1.00 bits per heavy atom. The van der Waals surface area contributed by atoms with Crippen LogP contribution in [0.25, 0.3) is 11.4 Å². The summed E-state index contributed by atoms with van der Waals surface area (Å²) in [5, 5.41) is 3.92. The lowest BCUT2D eigenvalue weighted by Gasteiger charge is -2.13. The van der Waals surface area contributed by atoms with Crippen LogP contribution in [0.4, 0.5) is 0 Å². The number of rotatable bonds is 7. The van der Waals surface area contributed by atoms with Crippen LogP contribution in [-0.2, 0) is 16.0 Å². The van der Waals surface area contributed by atoms with E-state index in [1.54, 1.807) is 0 Å². The zero-order valence-electron chi connectivity index (χ0n) is 17.1. The molecule has 0 saturated carbocycles. The molecule has 0 bridgehead atoms. The van der Waals surface area contributed by atoms with Gasteiger partial charge < -0.3 is 9.26 Å². The molecule has 0 fully saturated rings. The minimum Gasteiger partial charge on any atom is -0.457 e. The highest BCUT2D eigenvalue weighted by molar-refractivity contribution is 5.99. The van der Waals surface area contributed by atoms with Crippen molar-refractivity contribution in [1.82, 2.24) is 10.1 Å². The van der Waals surface area contributed by atoms with Gasteiger partial charge >= 0.3 is 5.97 Å². The average Bonchev–Trinajstić information content (AvgIpc) is 3.21. The van der Waals surface area contributed by atoms with E-state index >= 15 is 0 Å². The van der Waals surface area contributed by atoms with Gasteiger partial charge in [-0.3, -0.25) is 9.59 Å². The second-order valence-corrected chi connectivity index (χ2v) is 7.08. The molecule has 0 N–H and O–H groups in total. The number of Topliss-reactive ketones (excluding diaryl/α,β-unsaturated/α-hetero) is 1. The Morgan fingerprint density at radius 2 is 1.72 bits per heavy atom. The number of ketones is 1. The fourth-order valence-corrected chi connectivity index (χ4v) is 3.07. The van der Waals surface area contributed by atoms with Gasteiger partial charge in [-0.05, 0) is 56.0 Å². The molecular weight excluding hydrogens is 368 g/mol. The van der Waals surface area contributed by atoms with Gasteiger partial charge in [0.2, 0.25) is 17.5 Å². The summed E-state index contributed by atoms with van der Waals surface area (Å²) in [6, 6.07) is 11.3. The van der Waals surface area contributed by atoms with Crippen LogP contribution in [0, 0.1) is 27.7 Å². The smallest absolute Gasteiger partial charge is 0.306 e. The van der Waals surface area contributed by atoms with E-state index in [0.717, 1.165) is 22.3 Å². The number of carbonyl (C=O) groups excluding carboxylic acids is 2. The van der Waals surface area contributed by atoms with Crippen LogP contribution >= 0.6 is 0 Å². The molecule has 0 aliphatic rings. The molecule has 0 radical (unpaired) electrons. The molecule has 0 unspecified atom stereocenters. The molecule has 0 atom stereocenters. The molecule has 3 aromatic rings. The van der Waals surface area contributed by atoms with Crippen molar-refractivity contribution in [2.24, 2.45) is 0 Å². The zero-order valence-corrected chi connectivity index (χ0v) is 17.1.